The third-order valence-electron chi connectivity index (χ3n) is 2.69. The van der Waals surface area contributed by atoms with Crippen molar-refractivity contribution in [3.63, 3.8) is 0 Å². The predicted molar refractivity (Wildman–Crippen MR) is 65.4 cm³/mol. The van der Waals surface area contributed by atoms with Gasteiger partial charge in [0.25, 0.3) is 5.56 Å². The highest BCUT2D eigenvalue weighted by Crippen LogP contribution is 2.11. The van der Waals surface area contributed by atoms with E-state index in [1.165, 1.54) is 16.7 Å². The van der Waals surface area contributed by atoms with Gasteiger partial charge < -0.3 is 10.3 Å². The Labute approximate surface area is 98.3 Å². The molecule has 0 saturated heterocycles. The zero-order valence-corrected chi connectivity index (χ0v) is 9.48. The Morgan fingerprint density at radius 1 is 1.35 bits per heavy atom. The summed E-state index contributed by atoms with van der Waals surface area (Å²) >= 11 is 0. The molecule has 88 valence electrons. The quantitative estimate of drug-likeness (QED) is 0.860. The number of rotatable bonds is 2. The van der Waals surface area contributed by atoms with Crippen molar-refractivity contribution in [2.45, 2.75) is 13.5 Å². The van der Waals surface area contributed by atoms with Gasteiger partial charge in [-0.25, -0.2) is 4.39 Å². The van der Waals surface area contributed by atoms with Gasteiger partial charge in [0.05, 0.1) is 12.2 Å². The van der Waals surface area contributed by atoms with Crippen LogP contribution in [0, 0.1) is 12.7 Å². The molecule has 0 unspecified atom stereocenters. The molecule has 0 radical (unpaired) electrons. The Kier molecular flexibility index (Phi) is 2.95. The van der Waals surface area contributed by atoms with Gasteiger partial charge in [0, 0.05) is 6.20 Å². The first-order valence-electron chi connectivity index (χ1n) is 5.28. The summed E-state index contributed by atoms with van der Waals surface area (Å²) in [7, 11) is 0. The first-order valence-corrected chi connectivity index (χ1v) is 5.28. The van der Waals surface area contributed by atoms with Crippen LogP contribution in [0.15, 0.2) is 41.3 Å². The van der Waals surface area contributed by atoms with Crippen molar-refractivity contribution in [3.8, 4) is 0 Å². The number of nitrogens with zero attached hydrogens (tertiary/aromatic N) is 1. The van der Waals surface area contributed by atoms with Gasteiger partial charge in [-0.3, -0.25) is 4.79 Å². The van der Waals surface area contributed by atoms with E-state index in [1.807, 2.05) is 6.92 Å². The summed E-state index contributed by atoms with van der Waals surface area (Å²) < 4.78 is 14.5. The third-order valence-corrected chi connectivity index (χ3v) is 2.69. The highest BCUT2D eigenvalue weighted by atomic mass is 19.1. The number of aryl methyl sites for hydroxylation is 1. The fourth-order valence-corrected chi connectivity index (χ4v) is 1.70. The van der Waals surface area contributed by atoms with E-state index in [4.69, 9.17) is 5.73 Å². The van der Waals surface area contributed by atoms with Crippen molar-refractivity contribution in [2.75, 3.05) is 5.73 Å². The zero-order chi connectivity index (χ0) is 12.4. The number of aromatic nitrogens is 1. The number of pyridine rings is 1. The highest BCUT2D eigenvalue weighted by molar-refractivity contribution is 5.34. The molecule has 1 heterocycles. The number of halogens is 1. The molecule has 0 aliphatic carbocycles. The minimum absolute atomic E-state index is 0.215. The first-order chi connectivity index (χ1) is 8.08. The lowest BCUT2D eigenvalue weighted by Gasteiger charge is -2.09. The van der Waals surface area contributed by atoms with Gasteiger partial charge in [0.2, 0.25) is 0 Å². The molecule has 0 aliphatic rings. The normalized spacial score (nSPS) is 10.5. The Bertz CT molecular complexity index is 605. The van der Waals surface area contributed by atoms with E-state index in [-0.39, 0.29) is 17.1 Å². The van der Waals surface area contributed by atoms with Crippen molar-refractivity contribution in [2.24, 2.45) is 0 Å². The van der Waals surface area contributed by atoms with Gasteiger partial charge in [-0.1, -0.05) is 6.07 Å². The molecule has 0 fully saturated rings. The maximum atomic E-state index is 12.9. The van der Waals surface area contributed by atoms with Crippen LogP contribution >= 0.6 is 0 Å². The zero-order valence-electron chi connectivity index (χ0n) is 9.48. The summed E-state index contributed by atoms with van der Waals surface area (Å²) in [6.45, 7) is 2.21. The highest BCUT2D eigenvalue weighted by Gasteiger charge is 2.03. The lowest BCUT2D eigenvalue weighted by Crippen LogP contribution is -2.22. The van der Waals surface area contributed by atoms with E-state index < -0.39 is 0 Å². The molecule has 0 spiro atoms. The van der Waals surface area contributed by atoms with Gasteiger partial charge in [0.1, 0.15) is 5.82 Å². The van der Waals surface area contributed by atoms with Crippen LogP contribution in [0.2, 0.25) is 0 Å². The van der Waals surface area contributed by atoms with Gasteiger partial charge in [-0.2, -0.15) is 0 Å². The molecule has 1 aromatic carbocycles. The van der Waals surface area contributed by atoms with Crippen LogP contribution in [-0.4, -0.2) is 4.57 Å². The van der Waals surface area contributed by atoms with E-state index >= 15 is 0 Å². The number of nitrogens with two attached hydrogens (primary N) is 1. The average molecular weight is 232 g/mol. The minimum atomic E-state index is -0.272. The number of benzene rings is 1. The second-order valence-corrected chi connectivity index (χ2v) is 3.97. The van der Waals surface area contributed by atoms with Gasteiger partial charge >= 0.3 is 0 Å². The second kappa shape index (κ2) is 4.41. The summed E-state index contributed by atoms with van der Waals surface area (Å²) in [6, 6.07) is 7.80. The number of nitrogen functional groups attached to an aromatic ring is 1. The van der Waals surface area contributed by atoms with Gasteiger partial charge in [-0.05, 0) is 42.3 Å². The van der Waals surface area contributed by atoms with Crippen molar-refractivity contribution in [1.29, 1.82) is 0 Å². The molecule has 4 heteroatoms. The summed E-state index contributed by atoms with van der Waals surface area (Å²) in [5.41, 5.74) is 7.25. The number of anilines is 1. The molecule has 2 rings (SSSR count). The van der Waals surface area contributed by atoms with Crippen molar-refractivity contribution in [1.82, 2.24) is 4.57 Å². The van der Waals surface area contributed by atoms with Crippen molar-refractivity contribution in [3.05, 3.63) is 63.8 Å². The van der Waals surface area contributed by atoms with E-state index in [1.54, 1.807) is 24.4 Å². The molecule has 2 N–H and O–H groups in total. The van der Waals surface area contributed by atoms with Gasteiger partial charge in [-0.15, -0.1) is 0 Å². The lowest BCUT2D eigenvalue weighted by atomic mass is 10.1. The molecule has 0 saturated carbocycles. The van der Waals surface area contributed by atoms with Crippen LogP contribution in [0.1, 0.15) is 11.1 Å². The summed E-state index contributed by atoms with van der Waals surface area (Å²) in [5.74, 6) is -0.272. The van der Waals surface area contributed by atoms with E-state index in [2.05, 4.69) is 0 Å². The standard InChI is InChI=1S/C13H13FN2O/c1-9-7-11(14)5-4-10(9)8-16-6-2-3-12(15)13(16)17/h2-7H,8,15H2,1H3. The topological polar surface area (TPSA) is 48.0 Å². The van der Waals surface area contributed by atoms with Gasteiger partial charge in [0.15, 0.2) is 0 Å². The monoisotopic (exact) mass is 232 g/mol. The molecular formula is C13H13FN2O. The lowest BCUT2D eigenvalue weighted by molar-refractivity contribution is 0.624. The molecule has 17 heavy (non-hydrogen) atoms. The summed E-state index contributed by atoms with van der Waals surface area (Å²) in [6.07, 6.45) is 1.67. The molecule has 0 bridgehead atoms. The minimum Gasteiger partial charge on any atom is -0.394 e. The molecular weight excluding hydrogens is 219 g/mol. The smallest absolute Gasteiger partial charge is 0.273 e. The molecule has 0 atom stereocenters. The average Bonchev–Trinajstić information content (AvgIpc) is 2.28. The fraction of sp³-hybridized carbons (Fsp3) is 0.154. The van der Waals surface area contributed by atoms with E-state index in [0.29, 0.717) is 6.54 Å². The molecule has 3 nitrogen and oxygen atoms in total. The van der Waals surface area contributed by atoms with E-state index in [9.17, 15) is 9.18 Å². The van der Waals surface area contributed by atoms with Crippen LogP contribution in [-0.2, 0) is 6.54 Å². The summed E-state index contributed by atoms with van der Waals surface area (Å²) in [4.78, 5) is 11.7. The Morgan fingerprint density at radius 2 is 2.12 bits per heavy atom. The van der Waals surface area contributed by atoms with E-state index in [0.717, 1.165) is 11.1 Å². The maximum Gasteiger partial charge on any atom is 0.273 e. The number of hydrogen-bond acceptors (Lipinski definition) is 2. The first kappa shape index (κ1) is 11.4. The second-order valence-electron chi connectivity index (χ2n) is 3.97. The molecule has 1 aromatic heterocycles. The molecule has 0 amide bonds. The van der Waals surface area contributed by atoms with Crippen molar-refractivity contribution < 1.29 is 4.39 Å². The Hall–Kier alpha value is -2.10. The molecule has 2 aromatic rings. The van der Waals surface area contributed by atoms with Crippen LogP contribution in [0.5, 0.6) is 0 Å². The van der Waals surface area contributed by atoms with Crippen LogP contribution in [0.4, 0.5) is 10.1 Å². The Morgan fingerprint density at radius 3 is 2.82 bits per heavy atom. The fourth-order valence-electron chi connectivity index (χ4n) is 1.70. The van der Waals surface area contributed by atoms with Crippen LogP contribution < -0.4 is 11.3 Å². The molecule has 0 aliphatic heterocycles. The Balaban J connectivity index is 2.38. The largest absolute Gasteiger partial charge is 0.394 e. The third kappa shape index (κ3) is 2.36. The van der Waals surface area contributed by atoms with Crippen LogP contribution in [0.25, 0.3) is 0 Å². The maximum absolute atomic E-state index is 12.9. The van der Waals surface area contributed by atoms with Crippen LogP contribution in [0.3, 0.4) is 0 Å². The summed E-state index contributed by atoms with van der Waals surface area (Å²) in [5, 5.41) is 0. The predicted octanol–water partition coefficient (Wildman–Crippen LogP) is 1.93. The SMILES string of the molecule is Cc1cc(F)ccc1Cn1cccc(N)c1=O. The number of hydrogen-bond donors (Lipinski definition) is 1. The van der Waals surface area contributed by atoms with Crippen molar-refractivity contribution >= 4 is 5.69 Å².